The minimum atomic E-state index is -3.90. The molecule has 1 rings (SSSR count). The summed E-state index contributed by atoms with van der Waals surface area (Å²) in [6, 6.07) is 0.233. The first-order valence-electron chi connectivity index (χ1n) is 5.33. The number of carboxylic acid groups (broad SMARTS) is 1. The van der Waals surface area contributed by atoms with Crippen LogP contribution in [0.5, 0.6) is 0 Å². The number of carboxylic acids is 1. The molecule has 0 bridgehead atoms. The zero-order valence-electron chi connectivity index (χ0n) is 9.47. The molecule has 0 radical (unpaired) electrons. The number of carbonyl (C=O) groups is 2. The predicted molar refractivity (Wildman–Crippen MR) is 59.8 cm³/mol. The van der Waals surface area contributed by atoms with E-state index in [4.69, 9.17) is 5.11 Å². The van der Waals surface area contributed by atoms with Crippen LogP contribution < -0.4 is 10.0 Å². The molecule has 1 atom stereocenters. The van der Waals surface area contributed by atoms with E-state index in [1.807, 2.05) is 0 Å². The lowest BCUT2D eigenvalue weighted by Gasteiger charge is -2.09. The summed E-state index contributed by atoms with van der Waals surface area (Å²) in [4.78, 5) is 21.7. The fourth-order valence-corrected chi connectivity index (χ4v) is 1.99. The van der Waals surface area contributed by atoms with Crippen LogP contribution in [-0.4, -0.2) is 43.2 Å². The van der Waals surface area contributed by atoms with Crippen LogP contribution in [0.25, 0.3) is 0 Å². The Morgan fingerprint density at radius 3 is 2.47 bits per heavy atom. The molecule has 0 saturated heterocycles. The van der Waals surface area contributed by atoms with Gasteiger partial charge in [0.25, 0.3) is 0 Å². The van der Waals surface area contributed by atoms with Gasteiger partial charge in [-0.05, 0) is 19.8 Å². The molecule has 8 heteroatoms. The second kappa shape index (κ2) is 5.46. The molecule has 1 saturated carbocycles. The van der Waals surface area contributed by atoms with Crippen LogP contribution in [0.3, 0.4) is 0 Å². The van der Waals surface area contributed by atoms with Crippen molar-refractivity contribution in [3.8, 4) is 0 Å². The molecule has 7 nitrogen and oxygen atoms in total. The van der Waals surface area contributed by atoms with Crippen LogP contribution in [0, 0.1) is 0 Å². The highest BCUT2D eigenvalue weighted by Gasteiger charge is 2.27. The smallest absolute Gasteiger partial charge is 0.323 e. The lowest BCUT2D eigenvalue weighted by atomic mass is 10.4. The van der Waals surface area contributed by atoms with Gasteiger partial charge in [-0.3, -0.25) is 9.59 Å². The van der Waals surface area contributed by atoms with Crippen LogP contribution in [0.4, 0.5) is 0 Å². The van der Waals surface area contributed by atoms with Gasteiger partial charge in [-0.2, -0.15) is 0 Å². The summed E-state index contributed by atoms with van der Waals surface area (Å²) < 4.78 is 24.8. The Hall–Kier alpha value is -1.15. The van der Waals surface area contributed by atoms with E-state index in [9.17, 15) is 18.0 Å². The zero-order chi connectivity index (χ0) is 13.1. The zero-order valence-corrected chi connectivity index (χ0v) is 10.3. The third kappa shape index (κ3) is 4.70. The summed E-state index contributed by atoms with van der Waals surface area (Å²) in [5, 5.41) is 9.74. The minimum Gasteiger partial charge on any atom is -0.480 e. The fourth-order valence-electron chi connectivity index (χ4n) is 1.09. The molecule has 0 aromatic rings. The molecule has 0 spiro atoms. The molecule has 1 aliphatic carbocycles. The van der Waals surface area contributed by atoms with Gasteiger partial charge >= 0.3 is 5.97 Å². The molecule has 0 aliphatic heterocycles. The first-order valence-corrected chi connectivity index (χ1v) is 6.88. The maximum Gasteiger partial charge on any atom is 0.323 e. The van der Waals surface area contributed by atoms with Crippen molar-refractivity contribution in [2.45, 2.75) is 37.5 Å². The summed E-state index contributed by atoms with van der Waals surface area (Å²) in [7, 11) is -3.90. The second-order valence-corrected chi connectivity index (χ2v) is 6.10. The molecular formula is C9H16N2O5S. The lowest BCUT2D eigenvalue weighted by Crippen LogP contribution is -2.39. The number of hydrogen-bond donors (Lipinski definition) is 3. The van der Waals surface area contributed by atoms with E-state index in [1.165, 1.54) is 0 Å². The number of nitrogens with one attached hydrogen (secondary N) is 2. The monoisotopic (exact) mass is 264 g/mol. The van der Waals surface area contributed by atoms with Gasteiger partial charge in [0.05, 0.1) is 0 Å². The SMILES string of the molecule is CC(C(=O)O)S(=O)(=O)NCCC(=O)NC1CC1. The van der Waals surface area contributed by atoms with Crippen molar-refractivity contribution in [2.24, 2.45) is 0 Å². The number of rotatable bonds is 7. The number of hydrogen-bond acceptors (Lipinski definition) is 4. The molecule has 0 aromatic carbocycles. The van der Waals surface area contributed by atoms with Crippen molar-refractivity contribution in [2.75, 3.05) is 6.54 Å². The van der Waals surface area contributed by atoms with Crippen LogP contribution in [0.2, 0.25) is 0 Å². The van der Waals surface area contributed by atoms with E-state index in [0.29, 0.717) is 0 Å². The van der Waals surface area contributed by atoms with Crippen molar-refractivity contribution in [1.29, 1.82) is 0 Å². The van der Waals surface area contributed by atoms with Crippen molar-refractivity contribution >= 4 is 21.9 Å². The summed E-state index contributed by atoms with van der Waals surface area (Å²) in [6.07, 6.45) is 1.95. The van der Waals surface area contributed by atoms with Gasteiger partial charge in [0.2, 0.25) is 15.9 Å². The molecule has 17 heavy (non-hydrogen) atoms. The van der Waals surface area contributed by atoms with Crippen molar-refractivity contribution in [3.05, 3.63) is 0 Å². The van der Waals surface area contributed by atoms with Gasteiger partial charge in [0.15, 0.2) is 5.25 Å². The Bertz CT molecular complexity index is 402. The first-order chi connectivity index (χ1) is 7.83. The highest BCUT2D eigenvalue weighted by Crippen LogP contribution is 2.18. The Balaban J connectivity index is 2.29. The van der Waals surface area contributed by atoms with Gasteiger partial charge in [-0.15, -0.1) is 0 Å². The van der Waals surface area contributed by atoms with Gasteiger partial charge < -0.3 is 10.4 Å². The maximum atomic E-state index is 11.4. The third-order valence-corrected chi connectivity index (χ3v) is 4.15. The quantitative estimate of drug-likeness (QED) is 0.548. The predicted octanol–water partition coefficient (Wildman–Crippen LogP) is -0.952. The van der Waals surface area contributed by atoms with Gasteiger partial charge in [0, 0.05) is 19.0 Å². The summed E-state index contributed by atoms with van der Waals surface area (Å²) >= 11 is 0. The van der Waals surface area contributed by atoms with Crippen LogP contribution in [0.1, 0.15) is 26.2 Å². The second-order valence-electron chi connectivity index (χ2n) is 4.01. The highest BCUT2D eigenvalue weighted by molar-refractivity contribution is 7.90. The lowest BCUT2D eigenvalue weighted by molar-refractivity contribution is -0.136. The van der Waals surface area contributed by atoms with E-state index in [0.717, 1.165) is 19.8 Å². The minimum absolute atomic E-state index is 0.0159. The van der Waals surface area contributed by atoms with E-state index in [-0.39, 0.29) is 24.9 Å². The average molecular weight is 264 g/mol. The number of aliphatic carboxylic acids is 1. The van der Waals surface area contributed by atoms with Crippen molar-refractivity contribution in [1.82, 2.24) is 10.0 Å². The number of carbonyl (C=O) groups excluding carboxylic acids is 1. The largest absolute Gasteiger partial charge is 0.480 e. The molecule has 1 fully saturated rings. The Kier molecular flexibility index (Phi) is 4.47. The van der Waals surface area contributed by atoms with Gasteiger partial charge in [-0.25, -0.2) is 13.1 Å². The standard InChI is InChI=1S/C9H16N2O5S/c1-6(9(13)14)17(15,16)10-5-4-8(12)11-7-2-3-7/h6-7,10H,2-5H2,1H3,(H,11,12)(H,13,14). The Labute approximate surface area is 99.6 Å². The van der Waals surface area contributed by atoms with E-state index >= 15 is 0 Å². The van der Waals surface area contributed by atoms with E-state index in [1.54, 1.807) is 0 Å². The molecule has 3 N–H and O–H groups in total. The molecule has 0 aromatic heterocycles. The van der Waals surface area contributed by atoms with E-state index in [2.05, 4.69) is 10.0 Å². The van der Waals surface area contributed by atoms with Crippen LogP contribution in [-0.2, 0) is 19.6 Å². The molecule has 98 valence electrons. The topological polar surface area (TPSA) is 113 Å². The molecule has 1 amide bonds. The van der Waals surface area contributed by atoms with E-state index < -0.39 is 21.2 Å². The normalized spacial score (nSPS) is 17.5. The average Bonchev–Trinajstić information content (AvgIpc) is 2.99. The summed E-state index contributed by atoms with van der Waals surface area (Å²) in [5.74, 6) is -1.64. The molecule has 1 aliphatic rings. The van der Waals surface area contributed by atoms with Crippen molar-refractivity contribution in [3.63, 3.8) is 0 Å². The first kappa shape index (κ1) is 13.9. The highest BCUT2D eigenvalue weighted by atomic mass is 32.2. The van der Waals surface area contributed by atoms with Gasteiger partial charge in [0.1, 0.15) is 0 Å². The molecular weight excluding hydrogens is 248 g/mol. The fraction of sp³-hybridized carbons (Fsp3) is 0.778. The van der Waals surface area contributed by atoms with Crippen molar-refractivity contribution < 1.29 is 23.1 Å². The summed E-state index contributed by atoms with van der Waals surface area (Å²) in [5.41, 5.74) is 0. The van der Waals surface area contributed by atoms with Gasteiger partial charge in [-0.1, -0.05) is 0 Å². The molecule has 1 unspecified atom stereocenters. The molecule has 0 heterocycles. The van der Waals surface area contributed by atoms with Crippen LogP contribution in [0.15, 0.2) is 0 Å². The third-order valence-electron chi connectivity index (χ3n) is 2.41. The maximum absolute atomic E-state index is 11.4. The Morgan fingerprint density at radius 2 is 2.00 bits per heavy atom. The summed E-state index contributed by atoms with van der Waals surface area (Å²) in [6.45, 7) is 0.993. The Morgan fingerprint density at radius 1 is 1.41 bits per heavy atom. The number of amides is 1. The number of sulfonamides is 1. The van der Waals surface area contributed by atoms with Crippen LogP contribution >= 0.6 is 0 Å².